The molecule has 3 rings (SSSR count). The molecule has 0 unspecified atom stereocenters. The minimum absolute atomic E-state index is 0.174. The Kier molecular flexibility index (Phi) is 5.23. The second kappa shape index (κ2) is 7.41. The Morgan fingerprint density at radius 3 is 2.54 bits per heavy atom. The molecule has 2 aromatic rings. The number of nitrogens with one attached hydrogen (secondary N) is 1. The van der Waals surface area contributed by atoms with Crippen molar-refractivity contribution in [2.75, 3.05) is 5.32 Å². The van der Waals surface area contributed by atoms with Crippen molar-refractivity contribution >= 4 is 44.9 Å². The van der Waals surface area contributed by atoms with Crippen LogP contribution in [0.4, 0.5) is 11.4 Å². The maximum atomic E-state index is 12.4. The summed E-state index contributed by atoms with van der Waals surface area (Å²) in [4.78, 5) is 28.8. The molecule has 1 aliphatic rings. The van der Waals surface area contributed by atoms with Crippen LogP contribution in [-0.2, 0) is 16.0 Å². The number of hydrogen-bond acceptors (Lipinski definition) is 4. The molecule has 0 spiro atoms. The zero-order valence-corrected chi connectivity index (χ0v) is 16.4. The number of amides is 1. The molecular formula is C20H19BrN2O3. The summed E-state index contributed by atoms with van der Waals surface area (Å²) in [6, 6.07) is 10.6. The molecule has 0 aromatic heterocycles. The van der Waals surface area contributed by atoms with E-state index in [9.17, 15) is 9.59 Å². The lowest BCUT2D eigenvalue weighted by molar-refractivity contribution is -0.110. The molecule has 1 N–H and O–H groups in total. The van der Waals surface area contributed by atoms with E-state index in [4.69, 9.17) is 4.74 Å². The van der Waals surface area contributed by atoms with Gasteiger partial charge in [-0.15, -0.1) is 0 Å². The second-order valence-electron chi connectivity index (χ2n) is 6.26. The average molecular weight is 415 g/mol. The number of anilines is 1. The topological polar surface area (TPSA) is 67.8 Å². The fourth-order valence-electron chi connectivity index (χ4n) is 2.77. The average Bonchev–Trinajstić information content (AvgIpc) is 2.90. The molecule has 1 aliphatic heterocycles. The molecule has 0 saturated carbocycles. The summed E-state index contributed by atoms with van der Waals surface area (Å²) in [7, 11) is 0. The quantitative estimate of drug-likeness (QED) is 0.740. The maximum Gasteiger partial charge on any atom is 0.338 e. The van der Waals surface area contributed by atoms with Crippen LogP contribution in [0.1, 0.15) is 42.3 Å². The Bertz CT molecular complexity index is 902. The fourth-order valence-corrected chi connectivity index (χ4v) is 3.27. The van der Waals surface area contributed by atoms with E-state index in [1.807, 2.05) is 19.1 Å². The molecule has 6 heteroatoms. The molecule has 2 aromatic carbocycles. The van der Waals surface area contributed by atoms with Gasteiger partial charge in [-0.25, -0.2) is 9.79 Å². The maximum absolute atomic E-state index is 12.4. The molecule has 1 amide bonds. The van der Waals surface area contributed by atoms with E-state index in [0.29, 0.717) is 17.0 Å². The SMILES string of the molecule is CCc1cc(Br)cc2c1NC(=O)C2=Nc1ccc(C(=O)OC(C)C)cc1. The van der Waals surface area contributed by atoms with Gasteiger partial charge in [-0.2, -0.15) is 0 Å². The van der Waals surface area contributed by atoms with Crippen LogP contribution in [0, 0.1) is 0 Å². The van der Waals surface area contributed by atoms with Crippen molar-refractivity contribution in [3.05, 3.63) is 57.6 Å². The molecule has 0 atom stereocenters. The van der Waals surface area contributed by atoms with Crippen LogP contribution in [0.25, 0.3) is 0 Å². The van der Waals surface area contributed by atoms with E-state index in [1.54, 1.807) is 38.1 Å². The molecule has 0 radical (unpaired) electrons. The van der Waals surface area contributed by atoms with Gasteiger partial charge >= 0.3 is 5.97 Å². The van der Waals surface area contributed by atoms with E-state index in [0.717, 1.165) is 27.7 Å². The van der Waals surface area contributed by atoms with E-state index < -0.39 is 0 Å². The van der Waals surface area contributed by atoms with Crippen LogP contribution >= 0.6 is 15.9 Å². The predicted molar refractivity (Wildman–Crippen MR) is 105 cm³/mol. The van der Waals surface area contributed by atoms with Crippen LogP contribution in [0.5, 0.6) is 0 Å². The van der Waals surface area contributed by atoms with E-state index in [2.05, 4.69) is 26.2 Å². The highest BCUT2D eigenvalue weighted by atomic mass is 79.9. The zero-order chi connectivity index (χ0) is 18.8. The Labute approximate surface area is 160 Å². The Morgan fingerprint density at radius 1 is 1.23 bits per heavy atom. The summed E-state index contributed by atoms with van der Waals surface area (Å²) < 4.78 is 6.07. The third-order valence-electron chi connectivity index (χ3n) is 3.96. The minimum atomic E-state index is -0.375. The van der Waals surface area contributed by atoms with Gasteiger partial charge in [0.05, 0.1) is 23.0 Å². The first-order valence-electron chi connectivity index (χ1n) is 8.43. The molecule has 134 valence electrons. The molecular weight excluding hydrogens is 396 g/mol. The van der Waals surface area contributed by atoms with Gasteiger partial charge in [0.1, 0.15) is 5.71 Å². The Balaban J connectivity index is 1.93. The number of ether oxygens (including phenoxy) is 1. The van der Waals surface area contributed by atoms with Crippen molar-refractivity contribution in [3.63, 3.8) is 0 Å². The highest BCUT2D eigenvalue weighted by Crippen LogP contribution is 2.33. The summed E-state index contributed by atoms with van der Waals surface area (Å²) in [5.41, 5.74) is 4.08. The van der Waals surface area contributed by atoms with Gasteiger partial charge < -0.3 is 10.1 Å². The molecule has 26 heavy (non-hydrogen) atoms. The van der Waals surface area contributed by atoms with Gasteiger partial charge in [0.25, 0.3) is 5.91 Å². The van der Waals surface area contributed by atoms with E-state index in [-0.39, 0.29) is 18.0 Å². The lowest BCUT2D eigenvalue weighted by Crippen LogP contribution is -2.14. The lowest BCUT2D eigenvalue weighted by Gasteiger charge is -2.08. The standard InChI is InChI=1S/C20H19BrN2O3/c1-4-12-9-14(21)10-16-17(12)23-19(24)18(16)22-15-7-5-13(6-8-15)20(25)26-11(2)3/h5-11H,4H2,1-3H3,(H,22,23,24). The smallest absolute Gasteiger partial charge is 0.338 e. The number of nitrogens with zero attached hydrogens (tertiary/aromatic N) is 1. The number of fused-ring (bicyclic) bond motifs is 1. The summed E-state index contributed by atoms with van der Waals surface area (Å²) >= 11 is 3.49. The van der Waals surface area contributed by atoms with Gasteiger partial charge in [-0.3, -0.25) is 4.79 Å². The highest BCUT2D eigenvalue weighted by Gasteiger charge is 2.28. The summed E-state index contributed by atoms with van der Waals surface area (Å²) in [5, 5.41) is 2.90. The third-order valence-corrected chi connectivity index (χ3v) is 4.42. The Morgan fingerprint density at radius 2 is 1.92 bits per heavy atom. The van der Waals surface area contributed by atoms with Crippen molar-refractivity contribution < 1.29 is 14.3 Å². The van der Waals surface area contributed by atoms with Crippen LogP contribution in [0.15, 0.2) is 45.9 Å². The van der Waals surface area contributed by atoms with Crippen molar-refractivity contribution in [2.45, 2.75) is 33.3 Å². The summed E-state index contributed by atoms with van der Waals surface area (Å²) in [5.74, 6) is -0.601. The first-order valence-corrected chi connectivity index (χ1v) is 9.22. The normalized spacial score (nSPS) is 14.5. The van der Waals surface area contributed by atoms with Gasteiger partial charge in [0.2, 0.25) is 0 Å². The predicted octanol–water partition coefficient (Wildman–Crippen LogP) is 4.65. The van der Waals surface area contributed by atoms with E-state index in [1.165, 1.54) is 0 Å². The minimum Gasteiger partial charge on any atom is -0.459 e. The molecule has 5 nitrogen and oxygen atoms in total. The second-order valence-corrected chi connectivity index (χ2v) is 7.17. The number of halogens is 1. The molecule has 0 fully saturated rings. The summed E-state index contributed by atoms with van der Waals surface area (Å²) in [6.07, 6.45) is 0.634. The van der Waals surface area contributed by atoms with Crippen molar-refractivity contribution in [2.24, 2.45) is 4.99 Å². The van der Waals surface area contributed by atoms with Gasteiger partial charge in [0.15, 0.2) is 0 Å². The van der Waals surface area contributed by atoms with Crippen LogP contribution in [0.3, 0.4) is 0 Å². The van der Waals surface area contributed by atoms with E-state index >= 15 is 0 Å². The molecule has 0 bridgehead atoms. The number of esters is 1. The summed E-state index contributed by atoms with van der Waals surface area (Å²) in [6.45, 7) is 5.65. The molecule has 1 heterocycles. The van der Waals surface area contributed by atoms with Crippen LogP contribution in [-0.4, -0.2) is 23.7 Å². The lowest BCUT2D eigenvalue weighted by atomic mass is 10.0. The van der Waals surface area contributed by atoms with Crippen molar-refractivity contribution in [1.29, 1.82) is 0 Å². The fraction of sp³-hybridized carbons (Fsp3) is 0.250. The van der Waals surface area contributed by atoms with Crippen molar-refractivity contribution in [3.8, 4) is 0 Å². The number of carbonyl (C=O) groups is 2. The molecule has 0 aliphatic carbocycles. The highest BCUT2D eigenvalue weighted by molar-refractivity contribution is 9.10. The number of aryl methyl sites for hydroxylation is 1. The number of benzene rings is 2. The van der Waals surface area contributed by atoms with Crippen LogP contribution in [0.2, 0.25) is 0 Å². The monoisotopic (exact) mass is 414 g/mol. The molecule has 0 saturated heterocycles. The van der Waals surface area contributed by atoms with Crippen LogP contribution < -0.4 is 5.32 Å². The first-order chi connectivity index (χ1) is 12.4. The first kappa shape index (κ1) is 18.3. The number of rotatable bonds is 4. The number of hydrogen-bond donors (Lipinski definition) is 1. The van der Waals surface area contributed by atoms with Gasteiger partial charge in [-0.05, 0) is 62.2 Å². The van der Waals surface area contributed by atoms with Gasteiger partial charge in [-0.1, -0.05) is 22.9 Å². The number of carbonyl (C=O) groups excluding carboxylic acids is 2. The van der Waals surface area contributed by atoms with Crippen molar-refractivity contribution in [1.82, 2.24) is 0 Å². The van der Waals surface area contributed by atoms with Gasteiger partial charge in [0, 0.05) is 10.0 Å². The largest absolute Gasteiger partial charge is 0.459 e. The number of aliphatic imine (C=N–C) groups is 1. The third kappa shape index (κ3) is 3.70. The Hall–Kier alpha value is -2.47. The zero-order valence-electron chi connectivity index (χ0n) is 14.8.